The Kier molecular flexibility index (Phi) is 6.04. The Bertz CT molecular complexity index is 928. The van der Waals surface area contributed by atoms with E-state index in [1.807, 2.05) is 0 Å². The largest absolute Gasteiger partial charge is 0.343 e. The van der Waals surface area contributed by atoms with Crippen LogP contribution >= 0.6 is 0 Å². The van der Waals surface area contributed by atoms with Crippen LogP contribution in [0.1, 0.15) is 15.9 Å². The second kappa shape index (κ2) is 8.05. The fourth-order valence-electron chi connectivity index (χ4n) is 2.10. The minimum Gasteiger partial charge on any atom is -0.343 e. The molecule has 6 nitrogen and oxygen atoms in total. The van der Waals surface area contributed by atoms with Gasteiger partial charge in [-0.1, -0.05) is 12.1 Å². The molecule has 2 aromatic carbocycles. The SMILES string of the molecule is CS(=O)(=O)Cc1ccc(C(=O)NCC(=O)Nc2ccc(F)c(F)c2)cc1. The van der Waals surface area contributed by atoms with Gasteiger partial charge in [0.25, 0.3) is 5.91 Å². The smallest absolute Gasteiger partial charge is 0.251 e. The number of hydrogen-bond donors (Lipinski definition) is 2. The molecule has 0 bridgehead atoms. The van der Waals surface area contributed by atoms with Crippen LogP contribution in [0, 0.1) is 11.6 Å². The molecule has 26 heavy (non-hydrogen) atoms. The zero-order valence-corrected chi connectivity index (χ0v) is 14.6. The number of amides is 2. The molecule has 0 aliphatic rings. The number of anilines is 1. The lowest BCUT2D eigenvalue weighted by atomic mass is 10.1. The number of carbonyl (C=O) groups excluding carboxylic acids is 2. The number of carbonyl (C=O) groups is 2. The average molecular weight is 382 g/mol. The highest BCUT2D eigenvalue weighted by atomic mass is 32.2. The molecular weight excluding hydrogens is 366 g/mol. The van der Waals surface area contributed by atoms with Gasteiger partial charge in [0.05, 0.1) is 12.3 Å². The number of nitrogens with one attached hydrogen (secondary N) is 2. The molecule has 0 aliphatic carbocycles. The van der Waals surface area contributed by atoms with E-state index in [4.69, 9.17) is 0 Å². The normalized spacial score (nSPS) is 11.0. The Morgan fingerprint density at radius 2 is 1.65 bits per heavy atom. The topological polar surface area (TPSA) is 92.3 Å². The van der Waals surface area contributed by atoms with Crippen molar-refractivity contribution < 1.29 is 26.8 Å². The summed E-state index contributed by atoms with van der Waals surface area (Å²) in [6, 6.07) is 8.82. The number of halogens is 2. The van der Waals surface area contributed by atoms with E-state index in [2.05, 4.69) is 10.6 Å². The molecular formula is C17H16F2N2O4S. The van der Waals surface area contributed by atoms with Gasteiger partial charge in [-0.3, -0.25) is 9.59 Å². The number of hydrogen-bond acceptors (Lipinski definition) is 4. The van der Waals surface area contributed by atoms with Crippen LogP contribution in [0.5, 0.6) is 0 Å². The van der Waals surface area contributed by atoms with E-state index in [-0.39, 0.29) is 23.5 Å². The van der Waals surface area contributed by atoms with Crippen molar-refractivity contribution in [1.29, 1.82) is 0 Å². The third-order valence-electron chi connectivity index (χ3n) is 3.26. The van der Waals surface area contributed by atoms with Crippen molar-refractivity contribution in [3.63, 3.8) is 0 Å². The highest BCUT2D eigenvalue weighted by Gasteiger charge is 2.11. The summed E-state index contributed by atoms with van der Waals surface area (Å²) in [4.78, 5) is 23.7. The summed E-state index contributed by atoms with van der Waals surface area (Å²) in [5.74, 6) is -3.41. The van der Waals surface area contributed by atoms with E-state index in [1.54, 1.807) is 0 Å². The summed E-state index contributed by atoms with van der Waals surface area (Å²) in [7, 11) is -3.17. The monoisotopic (exact) mass is 382 g/mol. The Morgan fingerprint density at radius 3 is 2.23 bits per heavy atom. The second-order valence-corrected chi connectivity index (χ2v) is 7.77. The highest BCUT2D eigenvalue weighted by molar-refractivity contribution is 7.89. The van der Waals surface area contributed by atoms with Gasteiger partial charge in [-0.25, -0.2) is 17.2 Å². The maximum atomic E-state index is 13.1. The molecule has 0 radical (unpaired) electrons. The number of sulfone groups is 1. The first-order valence-corrected chi connectivity index (χ1v) is 9.50. The van der Waals surface area contributed by atoms with E-state index in [9.17, 15) is 26.8 Å². The van der Waals surface area contributed by atoms with Crippen LogP contribution in [0.4, 0.5) is 14.5 Å². The van der Waals surface area contributed by atoms with Crippen LogP contribution in [0.25, 0.3) is 0 Å². The first-order chi connectivity index (χ1) is 12.1. The van der Waals surface area contributed by atoms with Crippen LogP contribution in [-0.4, -0.2) is 33.0 Å². The van der Waals surface area contributed by atoms with Gasteiger partial charge in [0.15, 0.2) is 21.5 Å². The van der Waals surface area contributed by atoms with Gasteiger partial charge in [-0.15, -0.1) is 0 Å². The van der Waals surface area contributed by atoms with E-state index < -0.39 is 33.3 Å². The van der Waals surface area contributed by atoms with E-state index in [1.165, 1.54) is 30.3 Å². The fraction of sp³-hybridized carbons (Fsp3) is 0.176. The van der Waals surface area contributed by atoms with Crippen molar-refractivity contribution in [1.82, 2.24) is 5.32 Å². The zero-order valence-electron chi connectivity index (χ0n) is 13.8. The lowest BCUT2D eigenvalue weighted by Crippen LogP contribution is -2.32. The van der Waals surface area contributed by atoms with Crippen LogP contribution in [0.3, 0.4) is 0 Å². The standard InChI is InChI=1S/C17H16F2N2O4S/c1-26(24,25)10-11-2-4-12(5-3-11)17(23)20-9-16(22)21-13-6-7-14(18)15(19)8-13/h2-8H,9-10H2,1H3,(H,20,23)(H,21,22). The van der Waals surface area contributed by atoms with Gasteiger partial charge in [-0.2, -0.15) is 0 Å². The maximum absolute atomic E-state index is 13.1. The average Bonchev–Trinajstić information content (AvgIpc) is 2.55. The summed E-state index contributed by atoms with van der Waals surface area (Å²) in [6.07, 6.45) is 1.11. The van der Waals surface area contributed by atoms with Crippen molar-refractivity contribution in [3.8, 4) is 0 Å². The first kappa shape index (κ1) is 19.5. The summed E-state index contributed by atoms with van der Waals surface area (Å²) in [6.45, 7) is -0.372. The molecule has 0 aromatic heterocycles. The predicted octanol–water partition coefficient (Wildman–Crippen LogP) is 1.88. The third-order valence-corrected chi connectivity index (χ3v) is 4.12. The van der Waals surface area contributed by atoms with Gasteiger partial charge in [-0.05, 0) is 29.8 Å². The third kappa shape index (κ3) is 5.92. The highest BCUT2D eigenvalue weighted by Crippen LogP contribution is 2.13. The quantitative estimate of drug-likeness (QED) is 0.798. The summed E-state index contributed by atoms with van der Waals surface area (Å²) >= 11 is 0. The minimum absolute atomic E-state index is 0.0632. The molecule has 2 rings (SSSR count). The molecule has 0 unspecified atom stereocenters. The lowest BCUT2D eigenvalue weighted by molar-refractivity contribution is -0.115. The first-order valence-electron chi connectivity index (χ1n) is 7.44. The van der Waals surface area contributed by atoms with Crippen molar-refractivity contribution in [2.45, 2.75) is 5.75 Å². The minimum atomic E-state index is -3.17. The molecule has 2 amide bonds. The van der Waals surface area contributed by atoms with Gasteiger partial charge < -0.3 is 10.6 Å². The van der Waals surface area contributed by atoms with E-state index in [0.29, 0.717) is 5.56 Å². The molecule has 0 saturated carbocycles. The van der Waals surface area contributed by atoms with Crippen LogP contribution in [-0.2, 0) is 20.4 Å². The molecule has 0 spiro atoms. The number of benzene rings is 2. The molecule has 0 atom stereocenters. The van der Waals surface area contributed by atoms with E-state index >= 15 is 0 Å². The Balaban J connectivity index is 1.89. The number of rotatable bonds is 6. The van der Waals surface area contributed by atoms with Crippen LogP contribution in [0.2, 0.25) is 0 Å². The molecule has 0 aliphatic heterocycles. The van der Waals surface area contributed by atoms with Crippen molar-refractivity contribution >= 4 is 27.3 Å². The van der Waals surface area contributed by atoms with E-state index in [0.717, 1.165) is 18.4 Å². The van der Waals surface area contributed by atoms with Crippen molar-refractivity contribution in [2.75, 3.05) is 18.1 Å². The van der Waals surface area contributed by atoms with Crippen LogP contribution in [0.15, 0.2) is 42.5 Å². The Morgan fingerprint density at radius 1 is 1.00 bits per heavy atom. The summed E-state index contributed by atoms with van der Waals surface area (Å²) in [5.41, 5.74) is 0.858. The summed E-state index contributed by atoms with van der Waals surface area (Å²) < 4.78 is 48.3. The molecule has 138 valence electrons. The van der Waals surface area contributed by atoms with Crippen LogP contribution < -0.4 is 10.6 Å². The van der Waals surface area contributed by atoms with Crippen molar-refractivity contribution in [2.24, 2.45) is 0 Å². The Labute approximate surface area is 149 Å². The molecule has 0 saturated heterocycles. The molecule has 2 N–H and O–H groups in total. The lowest BCUT2D eigenvalue weighted by Gasteiger charge is -2.08. The second-order valence-electron chi connectivity index (χ2n) is 5.63. The summed E-state index contributed by atoms with van der Waals surface area (Å²) in [5, 5.41) is 4.70. The molecule has 2 aromatic rings. The van der Waals surface area contributed by atoms with Gasteiger partial charge in [0, 0.05) is 23.6 Å². The Hall–Kier alpha value is -2.81. The van der Waals surface area contributed by atoms with Gasteiger partial charge >= 0.3 is 0 Å². The van der Waals surface area contributed by atoms with Gasteiger partial charge in [0.2, 0.25) is 5.91 Å². The fourth-order valence-corrected chi connectivity index (χ4v) is 2.89. The molecule has 0 heterocycles. The molecule has 0 fully saturated rings. The van der Waals surface area contributed by atoms with Gasteiger partial charge in [0.1, 0.15) is 0 Å². The van der Waals surface area contributed by atoms with Crippen molar-refractivity contribution in [3.05, 3.63) is 65.2 Å². The molecule has 9 heteroatoms. The zero-order chi connectivity index (χ0) is 19.3. The predicted molar refractivity (Wildman–Crippen MR) is 92.3 cm³/mol. The maximum Gasteiger partial charge on any atom is 0.251 e.